The Morgan fingerprint density at radius 1 is 1.59 bits per heavy atom. The molecule has 0 radical (unpaired) electrons. The maximum Gasteiger partial charge on any atom is 0.184 e. The third-order valence-electron chi connectivity index (χ3n) is 2.20. The summed E-state index contributed by atoms with van der Waals surface area (Å²) < 4.78 is 5.77. The van der Waals surface area contributed by atoms with Crippen LogP contribution in [-0.4, -0.2) is 17.4 Å². The van der Waals surface area contributed by atoms with Crippen molar-refractivity contribution in [2.45, 2.75) is 26.4 Å². The summed E-state index contributed by atoms with van der Waals surface area (Å²) in [5, 5.41) is 4.05. The van der Waals surface area contributed by atoms with Gasteiger partial charge >= 0.3 is 0 Å². The second kappa shape index (κ2) is 6.85. The Balaban J connectivity index is 2.77. The highest BCUT2D eigenvalue weighted by Crippen LogP contribution is 2.18. The Morgan fingerprint density at radius 2 is 2.29 bits per heavy atom. The number of nitrogens with one attached hydrogen (secondary N) is 1. The van der Waals surface area contributed by atoms with E-state index in [9.17, 15) is 0 Å². The first-order chi connectivity index (χ1) is 8.13. The van der Waals surface area contributed by atoms with Crippen LogP contribution in [0.1, 0.15) is 25.8 Å². The SMILES string of the molecule is CCC(C)Oc1ccccc1C=NNC(N)=S. The first-order valence-electron chi connectivity index (χ1n) is 5.47. The third kappa shape index (κ3) is 4.82. The average molecular weight is 251 g/mol. The standard InChI is InChI=1S/C12H17N3OS/c1-3-9(2)16-11-7-5-4-6-10(11)8-14-15-12(13)17/h4-9H,3H2,1-2H3,(H3,13,15,17). The van der Waals surface area contributed by atoms with Crippen LogP contribution in [0.15, 0.2) is 29.4 Å². The summed E-state index contributed by atoms with van der Waals surface area (Å²) in [5.74, 6) is 0.801. The van der Waals surface area contributed by atoms with Crippen molar-refractivity contribution in [1.82, 2.24) is 5.43 Å². The molecule has 1 rings (SSSR count). The molecular weight excluding hydrogens is 234 g/mol. The molecule has 17 heavy (non-hydrogen) atoms. The fourth-order valence-corrected chi connectivity index (χ4v) is 1.21. The molecule has 92 valence electrons. The van der Waals surface area contributed by atoms with Gasteiger partial charge in [0.2, 0.25) is 0 Å². The molecule has 0 heterocycles. The summed E-state index contributed by atoms with van der Waals surface area (Å²) >= 11 is 4.65. The van der Waals surface area contributed by atoms with Crippen LogP contribution < -0.4 is 15.9 Å². The van der Waals surface area contributed by atoms with Crippen molar-refractivity contribution in [3.05, 3.63) is 29.8 Å². The van der Waals surface area contributed by atoms with Crippen LogP contribution in [0.2, 0.25) is 0 Å². The molecule has 0 bridgehead atoms. The smallest absolute Gasteiger partial charge is 0.184 e. The molecule has 0 fully saturated rings. The van der Waals surface area contributed by atoms with Gasteiger partial charge in [-0.2, -0.15) is 5.10 Å². The number of thiocarbonyl (C=S) groups is 1. The molecule has 0 spiro atoms. The summed E-state index contributed by atoms with van der Waals surface area (Å²) in [7, 11) is 0. The van der Waals surface area contributed by atoms with E-state index in [1.54, 1.807) is 6.21 Å². The van der Waals surface area contributed by atoms with Gasteiger partial charge in [-0.25, -0.2) is 0 Å². The van der Waals surface area contributed by atoms with Gasteiger partial charge in [-0.1, -0.05) is 19.1 Å². The lowest BCUT2D eigenvalue weighted by atomic mass is 10.2. The van der Waals surface area contributed by atoms with Crippen LogP contribution in [0.4, 0.5) is 0 Å². The normalized spacial score (nSPS) is 12.4. The molecule has 0 saturated heterocycles. The number of benzene rings is 1. The first kappa shape index (κ1) is 13.4. The molecule has 1 unspecified atom stereocenters. The summed E-state index contributed by atoms with van der Waals surface area (Å²) in [6.45, 7) is 4.11. The molecule has 1 aromatic rings. The number of hydrazone groups is 1. The van der Waals surface area contributed by atoms with Gasteiger partial charge in [0.1, 0.15) is 5.75 Å². The lowest BCUT2D eigenvalue weighted by Crippen LogP contribution is -2.24. The van der Waals surface area contributed by atoms with E-state index in [4.69, 9.17) is 10.5 Å². The van der Waals surface area contributed by atoms with E-state index in [2.05, 4.69) is 29.7 Å². The van der Waals surface area contributed by atoms with Crippen LogP contribution in [-0.2, 0) is 0 Å². The molecule has 0 amide bonds. The number of hydrogen-bond acceptors (Lipinski definition) is 3. The van der Waals surface area contributed by atoms with Crippen molar-refractivity contribution in [2.24, 2.45) is 10.8 Å². The van der Waals surface area contributed by atoms with Crippen molar-refractivity contribution in [3.8, 4) is 5.75 Å². The second-order valence-electron chi connectivity index (χ2n) is 3.61. The largest absolute Gasteiger partial charge is 0.490 e. The Kier molecular flexibility index (Phi) is 5.42. The zero-order valence-corrected chi connectivity index (χ0v) is 10.8. The number of rotatable bonds is 5. The molecule has 0 aromatic heterocycles. The van der Waals surface area contributed by atoms with E-state index in [0.717, 1.165) is 17.7 Å². The number of hydrogen-bond donors (Lipinski definition) is 2. The van der Waals surface area contributed by atoms with Gasteiger partial charge in [0, 0.05) is 5.56 Å². The summed E-state index contributed by atoms with van der Waals surface area (Å²) in [6, 6.07) is 7.68. The monoisotopic (exact) mass is 251 g/mol. The molecule has 0 aliphatic carbocycles. The third-order valence-corrected chi connectivity index (χ3v) is 2.29. The zero-order chi connectivity index (χ0) is 12.7. The van der Waals surface area contributed by atoms with Crippen LogP contribution in [0.5, 0.6) is 5.75 Å². The maximum absolute atomic E-state index is 5.77. The van der Waals surface area contributed by atoms with Gasteiger partial charge in [0.05, 0.1) is 12.3 Å². The second-order valence-corrected chi connectivity index (χ2v) is 4.05. The number of nitrogens with two attached hydrogens (primary N) is 1. The molecule has 0 aliphatic heterocycles. The maximum atomic E-state index is 5.77. The Morgan fingerprint density at radius 3 is 2.94 bits per heavy atom. The lowest BCUT2D eigenvalue weighted by molar-refractivity contribution is 0.217. The van der Waals surface area contributed by atoms with Crippen molar-refractivity contribution in [3.63, 3.8) is 0 Å². The fourth-order valence-electron chi connectivity index (χ4n) is 1.16. The molecule has 0 aliphatic rings. The van der Waals surface area contributed by atoms with Crippen LogP contribution in [0, 0.1) is 0 Å². The van der Waals surface area contributed by atoms with Gasteiger partial charge in [0.15, 0.2) is 5.11 Å². The lowest BCUT2D eigenvalue weighted by Gasteiger charge is -2.14. The van der Waals surface area contributed by atoms with Crippen LogP contribution >= 0.6 is 12.2 Å². The minimum absolute atomic E-state index is 0.140. The number of ether oxygens (including phenoxy) is 1. The van der Waals surface area contributed by atoms with Gasteiger partial charge in [0.25, 0.3) is 0 Å². The van der Waals surface area contributed by atoms with Crippen molar-refractivity contribution in [1.29, 1.82) is 0 Å². The van der Waals surface area contributed by atoms with Crippen molar-refractivity contribution >= 4 is 23.5 Å². The van der Waals surface area contributed by atoms with Gasteiger partial charge in [-0.05, 0) is 37.7 Å². The van der Waals surface area contributed by atoms with E-state index < -0.39 is 0 Å². The van der Waals surface area contributed by atoms with E-state index >= 15 is 0 Å². The Bertz CT molecular complexity index is 406. The van der Waals surface area contributed by atoms with Gasteiger partial charge in [-0.15, -0.1) is 0 Å². The van der Waals surface area contributed by atoms with Gasteiger partial charge < -0.3 is 10.5 Å². The van der Waals surface area contributed by atoms with Crippen molar-refractivity contribution < 1.29 is 4.74 Å². The molecule has 1 aromatic carbocycles. The Labute approximate surface area is 107 Å². The highest BCUT2D eigenvalue weighted by atomic mass is 32.1. The van der Waals surface area contributed by atoms with E-state index in [1.807, 2.05) is 31.2 Å². The summed E-state index contributed by atoms with van der Waals surface area (Å²) in [5.41, 5.74) is 8.67. The first-order valence-corrected chi connectivity index (χ1v) is 5.88. The quantitative estimate of drug-likeness (QED) is 0.477. The van der Waals surface area contributed by atoms with E-state index in [1.165, 1.54) is 0 Å². The molecule has 0 saturated carbocycles. The topological polar surface area (TPSA) is 59.6 Å². The predicted molar refractivity (Wildman–Crippen MR) is 74.3 cm³/mol. The van der Waals surface area contributed by atoms with Crippen LogP contribution in [0.25, 0.3) is 0 Å². The molecule has 3 N–H and O–H groups in total. The number of para-hydroxylation sites is 1. The van der Waals surface area contributed by atoms with E-state index in [0.29, 0.717) is 0 Å². The molecule has 5 heteroatoms. The van der Waals surface area contributed by atoms with Crippen LogP contribution in [0.3, 0.4) is 0 Å². The summed E-state index contributed by atoms with van der Waals surface area (Å²) in [4.78, 5) is 0. The molecular formula is C12H17N3OS. The Hall–Kier alpha value is -1.62. The van der Waals surface area contributed by atoms with Gasteiger partial charge in [-0.3, -0.25) is 5.43 Å². The predicted octanol–water partition coefficient (Wildman–Crippen LogP) is 2.03. The highest BCUT2D eigenvalue weighted by Gasteiger charge is 2.04. The average Bonchev–Trinajstić information content (AvgIpc) is 2.30. The highest BCUT2D eigenvalue weighted by molar-refractivity contribution is 7.80. The zero-order valence-electron chi connectivity index (χ0n) is 10.0. The summed E-state index contributed by atoms with van der Waals surface area (Å²) in [6.07, 6.45) is 2.76. The van der Waals surface area contributed by atoms with E-state index in [-0.39, 0.29) is 11.2 Å². The number of nitrogens with zero attached hydrogens (tertiary/aromatic N) is 1. The minimum atomic E-state index is 0.140. The molecule has 4 nitrogen and oxygen atoms in total. The fraction of sp³-hybridized carbons (Fsp3) is 0.333. The minimum Gasteiger partial charge on any atom is -0.490 e. The van der Waals surface area contributed by atoms with Crippen molar-refractivity contribution in [2.75, 3.05) is 0 Å². The molecule has 1 atom stereocenters.